The van der Waals surface area contributed by atoms with Crippen molar-refractivity contribution in [2.75, 3.05) is 0 Å². The zero-order valence-electron chi connectivity index (χ0n) is 32.1. The van der Waals surface area contributed by atoms with E-state index in [9.17, 15) is 0 Å². The van der Waals surface area contributed by atoms with Gasteiger partial charge in [-0.3, -0.25) is 0 Å². The Kier molecular flexibility index (Phi) is 6.95. The fourth-order valence-corrected chi connectivity index (χ4v) is 9.26. The van der Waals surface area contributed by atoms with Gasteiger partial charge in [0.15, 0.2) is 17.5 Å². The lowest BCUT2D eigenvalue weighted by Gasteiger charge is -2.13. The van der Waals surface area contributed by atoms with Gasteiger partial charge < -0.3 is 8.83 Å². The Morgan fingerprint density at radius 1 is 0.283 bits per heavy atom. The SMILES string of the molecule is c1ccc2cc(-c3ccc(-c4nc(-c5ccc6ccc7ccccc7c6c5)nc(-c5cc6oc7ccccc7c6c6ccccc56)n4)c4c3oc3ccccc34)ccc2c1. The Bertz CT molecular complexity index is 3910. The van der Waals surface area contributed by atoms with Crippen molar-refractivity contribution in [2.45, 2.75) is 0 Å². The van der Waals surface area contributed by atoms with Crippen molar-refractivity contribution < 1.29 is 8.83 Å². The van der Waals surface area contributed by atoms with Crippen LogP contribution in [0.25, 0.3) is 132 Å². The van der Waals surface area contributed by atoms with Gasteiger partial charge in [-0.1, -0.05) is 146 Å². The third-order valence-electron chi connectivity index (χ3n) is 12.1. The predicted octanol–water partition coefficient (Wildman–Crippen LogP) is 15.0. The third-order valence-corrected chi connectivity index (χ3v) is 12.1. The standard InChI is InChI=1S/C55H31N3O2/c1-2-13-35-29-36(25-21-32(35)11-1)39-27-28-44(51-43-18-8-10-20-48(43)60-52(39)51)54-56-53(37-26-24-34-23-22-33-12-3-4-14-38(33)45(34)30-37)57-55(58-54)46-31-49-50(41-16-6-5-15-40(41)46)42-17-7-9-19-47(42)59-49/h1-31H. The number of fused-ring (bicyclic) bond motifs is 12. The van der Waals surface area contributed by atoms with Gasteiger partial charge in [-0.15, -0.1) is 0 Å². The first-order chi connectivity index (χ1) is 29.7. The van der Waals surface area contributed by atoms with Gasteiger partial charge in [0.05, 0.1) is 0 Å². The first-order valence-corrected chi connectivity index (χ1v) is 20.2. The molecule has 0 fully saturated rings. The Morgan fingerprint density at radius 3 is 1.65 bits per heavy atom. The second-order valence-corrected chi connectivity index (χ2v) is 15.5. The molecule has 0 saturated carbocycles. The van der Waals surface area contributed by atoms with E-state index in [0.29, 0.717) is 17.5 Å². The van der Waals surface area contributed by atoms with Crippen LogP contribution in [0.3, 0.4) is 0 Å². The van der Waals surface area contributed by atoms with Gasteiger partial charge >= 0.3 is 0 Å². The van der Waals surface area contributed by atoms with Crippen LogP contribution in [0.5, 0.6) is 0 Å². The number of hydrogen-bond acceptors (Lipinski definition) is 5. The molecule has 0 spiro atoms. The molecule has 0 atom stereocenters. The molecule has 0 saturated heterocycles. The molecule has 0 unspecified atom stereocenters. The Labute approximate surface area is 342 Å². The largest absolute Gasteiger partial charge is 0.456 e. The Balaban J connectivity index is 1.11. The maximum absolute atomic E-state index is 6.78. The van der Waals surface area contributed by atoms with Gasteiger partial charge in [-0.05, 0) is 91.1 Å². The number of rotatable bonds is 4. The fraction of sp³-hybridized carbons (Fsp3) is 0. The average Bonchev–Trinajstić information content (AvgIpc) is 3.90. The Morgan fingerprint density at radius 2 is 0.833 bits per heavy atom. The lowest BCUT2D eigenvalue weighted by Crippen LogP contribution is -2.01. The summed E-state index contributed by atoms with van der Waals surface area (Å²) in [6.45, 7) is 0. The molecular formula is C55H31N3O2. The second-order valence-electron chi connectivity index (χ2n) is 15.5. The molecule has 0 N–H and O–H groups in total. The normalized spacial score (nSPS) is 12.0. The van der Waals surface area contributed by atoms with Crippen molar-refractivity contribution in [2.24, 2.45) is 0 Å². The molecule has 0 radical (unpaired) electrons. The van der Waals surface area contributed by atoms with E-state index < -0.39 is 0 Å². The first-order valence-electron chi connectivity index (χ1n) is 20.2. The molecular weight excluding hydrogens is 735 g/mol. The summed E-state index contributed by atoms with van der Waals surface area (Å²) < 4.78 is 13.3. The molecule has 10 aromatic carbocycles. The lowest BCUT2D eigenvalue weighted by molar-refractivity contribution is 0.669. The zero-order chi connectivity index (χ0) is 39.3. The molecule has 0 aliphatic rings. The molecule has 0 amide bonds. The van der Waals surface area contributed by atoms with E-state index in [-0.39, 0.29) is 0 Å². The average molecular weight is 766 g/mol. The van der Waals surface area contributed by atoms with Crippen LogP contribution < -0.4 is 0 Å². The minimum absolute atomic E-state index is 0.559. The van der Waals surface area contributed by atoms with Crippen LogP contribution in [-0.2, 0) is 0 Å². The molecule has 0 aliphatic heterocycles. The van der Waals surface area contributed by atoms with E-state index in [4.69, 9.17) is 23.8 Å². The zero-order valence-corrected chi connectivity index (χ0v) is 32.1. The molecule has 0 bridgehead atoms. The lowest BCUT2D eigenvalue weighted by atomic mass is 9.96. The molecule has 60 heavy (non-hydrogen) atoms. The van der Waals surface area contributed by atoms with Crippen LogP contribution in [0.15, 0.2) is 197 Å². The number of nitrogens with zero attached hydrogens (tertiary/aromatic N) is 3. The number of furan rings is 2. The highest BCUT2D eigenvalue weighted by atomic mass is 16.3. The van der Waals surface area contributed by atoms with Gasteiger partial charge in [0.2, 0.25) is 0 Å². The van der Waals surface area contributed by atoms with Crippen molar-refractivity contribution in [1.29, 1.82) is 0 Å². The van der Waals surface area contributed by atoms with Gasteiger partial charge in [0.1, 0.15) is 22.3 Å². The van der Waals surface area contributed by atoms with Gasteiger partial charge in [-0.25, -0.2) is 15.0 Å². The summed E-state index contributed by atoms with van der Waals surface area (Å²) in [4.78, 5) is 16.1. The predicted molar refractivity (Wildman–Crippen MR) is 246 cm³/mol. The van der Waals surface area contributed by atoms with Gasteiger partial charge in [0.25, 0.3) is 0 Å². The summed E-state index contributed by atoms with van der Waals surface area (Å²) in [5, 5.41) is 13.3. The highest BCUT2D eigenvalue weighted by Gasteiger charge is 2.23. The maximum Gasteiger partial charge on any atom is 0.164 e. The van der Waals surface area contributed by atoms with Crippen LogP contribution in [0, 0.1) is 0 Å². The van der Waals surface area contributed by atoms with Gasteiger partial charge in [0, 0.05) is 43.8 Å². The van der Waals surface area contributed by atoms with Crippen LogP contribution in [0.2, 0.25) is 0 Å². The quantitative estimate of drug-likeness (QED) is 0.167. The topological polar surface area (TPSA) is 65.0 Å². The smallest absolute Gasteiger partial charge is 0.164 e. The number of hydrogen-bond donors (Lipinski definition) is 0. The summed E-state index contributed by atoms with van der Waals surface area (Å²) in [6, 6.07) is 65.7. The molecule has 13 aromatic rings. The van der Waals surface area contributed by atoms with Crippen molar-refractivity contribution in [3.63, 3.8) is 0 Å². The molecule has 278 valence electrons. The van der Waals surface area contributed by atoms with E-state index in [2.05, 4.69) is 164 Å². The van der Waals surface area contributed by atoms with E-state index >= 15 is 0 Å². The number of para-hydroxylation sites is 2. The Hall–Kier alpha value is -8.15. The van der Waals surface area contributed by atoms with E-state index in [1.54, 1.807) is 0 Å². The first kappa shape index (κ1) is 32.9. The molecule has 5 nitrogen and oxygen atoms in total. The van der Waals surface area contributed by atoms with Crippen LogP contribution in [0.1, 0.15) is 0 Å². The van der Waals surface area contributed by atoms with Crippen LogP contribution in [-0.4, -0.2) is 15.0 Å². The minimum atomic E-state index is 0.559. The molecule has 3 heterocycles. The molecule has 3 aromatic heterocycles. The summed E-state index contributed by atoms with van der Waals surface area (Å²) in [6.07, 6.45) is 0. The fourth-order valence-electron chi connectivity index (χ4n) is 9.26. The van der Waals surface area contributed by atoms with Crippen molar-refractivity contribution in [3.8, 4) is 45.3 Å². The summed E-state index contributed by atoms with van der Waals surface area (Å²) >= 11 is 0. The van der Waals surface area contributed by atoms with Crippen LogP contribution in [0.4, 0.5) is 0 Å². The van der Waals surface area contributed by atoms with E-state index in [1.807, 2.05) is 24.3 Å². The highest BCUT2D eigenvalue weighted by molar-refractivity contribution is 6.22. The minimum Gasteiger partial charge on any atom is -0.456 e. The van der Waals surface area contributed by atoms with E-state index in [1.165, 1.54) is 21.5 Å². The monoisotopic (exact) mass is 765 g/mol. The molecule has 0 aliphatic carbocycles. The molecule has 5 heteroatoms. The van der Waals surface area contributed by atoms with Gasteiger partial charge in [-0.2, -0.15) is 0 Å². The van der Waals surface area contributed by atoms with Crippen LogP contribution >= 0.6 is 0 Å². The number of aromatic nitrogens is 3. The van der Waals surface area contributed by atoms with Crippen molar-refractivity contribution >= 4 is 87.0 Å². The maximum atomic E-state index is 6.78. The highest BCUT2D eigenvalue weighted by Crippen LogP contribution is 2.44. The summed E-state index contributed by atoms with van der Waals surface area (Å²) in [7, 11) is 0. The summed E-state index contributed by atoms with van der Waals surface area (Å²) in [5.41, 5.74) is 7.95. The van der Waals surface area contributed by atoms with E-state index in [0.717, 1.165) is 93.2 Å². The number of benzene rings is 10. The molecule has 13 rings (SSSR count). The second kappa shape index (κ2) is 12.7. The summed E-state index contributed by atoms with van der Waals surface area (Å²) in [5.74, 6) is 1.70. The van der Waals surface area contributed by atoms with Crippen molar-refractivity contribution in [1.82, 2.24) is 15.0 Å². The van der Waals surface area contributed by atoms with Crippen molar-refractivity contribution in [3.05, 3.63) is 188 Å². The third kappa shape index (κ3) is 4.96.